The van der Waals surface area contributed by atoms with Gasteiger partial charge in [0.15, 0.2) is 11.5 Å². The SMILES string of the molecule is COc1cc(C[C@H](Nc2cccc(C(C)C)c2)C(=O)N[C@@H](C)C(=O)N[C@@H](CC(C)C)OB(O)O)cc(OC)c1OC. The van der Waals surface area contributed by atoms with E-state index < -0.39 is 37.4 Å². The van der Waals surface area contributed by atoms with Crippen molar-refractivity contribution in [3.05, 3.63) is 47.5 Å². The Hall–Kier alpha value is -3.48. The Kier molecular flexibility index (Phi) is 13.2. The fourth-order valence-electron chi connectivity index (χ4n) is 4.27. The molecule has 0 aromatic heterocycles. The zero-order valence-electron chi connectivity index (χ0n) is 25.2. The van der Waals surface area contributed by atoms with Gasteiger partial charge in [-0.05, 0) is 60.6 Å². The van der Waals surface area contributed by atoms with E-state index in [9.17, 15) is 19.6 Å². The molecular formula is C29H44BN3O8. The van der Waals surface area contributed by atoms with Crippen molar-refractivity contribution < 1.29 is 38.5 Å². The predicted octanol–water partition coefficient (Wildman–Crippen LogP) is 2.84. The first kappa shape index (κ1) is 33.7. The van der Waals surface area contributed by atoms with Crippen LogP contribution in [0.5, 0.6) is 17.2 Å². The fraction of sp³-hybridized carbons (Fsp3) is 0.517. The smallest absolute Gasteiger partial charge is 0.493 e. The van der Waals surface area contributed by atoms with Crippen molar-refractivity contribution in [1.82, 2.24) is 10.6 Å². The third-order valence-electron chi connectivity index (χ3n) is 6.40. The van der Waals surface area contributed by atoms with Crippen LogP contribution < -0.4 is 30.2 Å². The van der Waals surface area contributed by atoms with Crippen molar-refractivity contribution in [2.24, 2.45) is 5.92 Å². The van der Waals surface area contributed by atoms with Crippen LogP contribution in [0.2, 0.25) is 0 Å². The lowest BCUT2D eigenvalue weighted by molar-refractivity contribution is -0.130. The number of hydrogen-bond donors (Lipinski definition) is 5. The molecule has 0 radical (unpaired) electrons. The number of methoxy groups -OCH3 is 3. The molecule has 0 fully saturated rings. The molecule has 3 atom stereocenters. The van der Waals surface area contributed by atoms with E-state index in [-0.39, 0.29) is 12.3 Å². The molecule has 2 aromatic carbocycles. The Balaban J connectivity index is 2.32. The predicted molar refractivity (Wildman–Crippen MR) is 158 cm³/mol. The lowest BCUT2D eigenvalue weighted by Gasteiger charge is -2.25. The van der Waals surface area contributed by atoms with E-state index in [4.69, 9.17) is 18.9 Å². The molecule has 0 spiro atoms. The second kappa shape index (κ2) is 16.1. The monoisotopic (exact) mass is 573 g/mol. The number of nitrogens with one attached hydrogen (secondary N) is 3. The first-order valence-electron chi connectivity index (χ1n) is 13.7. The van der Waals surface area contributed by atoms with Crippen molar-refractivity contribution in [1.29, 1.82) is 0 Å². The van der Waals surface area contributed by atoms with Gasteiger partial charge in [0.1, 0.15) is 18.3 Å². The highest BCUT2D eigenvalue weighted by Crippen LogP contribution is 2.38. The summed E-state index contributed by atoms with van der Waals surface area (Å²) in [5.41, 5.74) is 2.60. The molecule has 0 saturated carbocycles. The Morgan fingerprint density at radius 1 is 0.878 bits per heavy atom. The zero-order chi connectivity index (χ0) is 30.7. The highest BCUT2D eigenvalue weighted by Gasteiger charge is 2.27. The first-order valence-corrected chi connectivity index (χ1v) is 13.7. The minimum atomic E-state index is -2.04. The first-order chi connectivity index (χ1) is 19.4. The summed E-state index contributed by atoms with van der Waals surface area (Å²) in [6, 6.07) is 9.65. The summed E-state index contributed by atoms with van der Waals surface area (Å²) in [6.45, 7) is 9.54. The van der Waals surface area contributed by atoms with E-state index in [1.807, 2.05) is 38.1 Å². The van der Waals surface area contributed by atoms with Gasteiger partial charge in [-0.15, -0.1) is 0 Å². The molecule has 0 saturated heterocycles. The van der Waals surface area contributed by atoms with E-state index >= 15 is 0 Å². The van der Waals surface area contributed by atoms with Gasteiger partial charge in [0, 0.05) is 12.1 Å². The molecule has 2 aromatic rings. The second-order valence-corrected chi connectivity index (χ2v) is 10.5. The van der Waals surface area contributed by atoms with Crippen LogP contribution in [-0.4, -0.2) is 68.8 Å². The maximum atomic E-state index is 13.6. The number of anilines is 1. The van der Waals surface area contributed by atoms with Crippen molar-refractivity contribution in [3.63, 3.8) is 0 Å². The normalized spacial score (nSPS) is 13.3. The summed E-state index contributed by atoms with van der Waals surface area (Å²) in [7, 11) is 2.52. The van der Waals surface area contributed by atoms with E-state index in [0.717, 1.165) is 16.8 Å². The fourth-order valence-corrected chi connectivity index (χ4v) is 4.27. The number of hydrogen-bond acceptors (Lipinski definition) is 9. The second-order valence-electron chi connectivity index (χ2n) is 10.5. The average Bonchev–Trinajstić information content (AvgIpc) is 2.91. The van der Waals surface area contributed by atoms with Crippen LogP contribution in [0.15, 0.2) is 36.4 Å². The topological polar surface area (TPSA) is 148 Å². The van der Waals surface area contributed by atoms with Gasteiger partial charge in [-0.3, -0.25) is 9.59 Å². The molecule has 226 valence electrons. The van der Waals surface area contributed by atoms with Crippen molar-refractivity contribution in [2.45, 2.75) is 71.7 Å². The number of carbonyl (C=O) groups is 2. The molecule has 0 aliphatic carbocycles. The largest absolute Gasteiger partial charge is 0.635 e. The van der Waals surface area contributed by atoms with E-state index in [1.54, 1.807) is 19.1 Å². The highest BCUT2D eigenvalue weighted by atomic mass is 16.6. The number of benzene rings is 2. The summed E-state index contributed by atoms with van der Waals surface area (Å²) in [5.74, 6) is 0.807. The molecule has 2 rings (SSSR count). The lowest BCUT2D eigenvalue weighted by atomic mass is 10.0. The number of carbonyl (C=O) groups excluding carboxylic acids is 2. The minimum Gasteiger partial charge on any atom is -0.493 e. The van der Waals surface area contributed by atoms with Crippen LogP contribution in [0.4, 0.5) is 5.69 Å². The van der Waals surface area contributed by atoms with E-state index in [1.165, 1.54) is 21.3 Å². The molecule has 0 aliphatic rings. The maximum absolute atomic E-state index is 13.6. The molecular weight excluding hydrogens is 529 g/mol. The summed E-state index contributed by atoms with van der Waals surface area (Å²) >= 11 is 0. The van der Waals surface area contributed by atoms with Gasteiger partial charge >= 0.3 is 7.32 Å². The Morgan fingerprint density at radius 2 is 1.51 bits per heavy atom. The third-order valence-corrected chi connectivity index (χ3v) is 6.40. The van der Waals surface area contributed by atoms with Gasteiger partial charge < -0.3 is 44.9 Å². The maximum Gasteiger partial charge on any atom is 0.635 e. The third kappa shape index (κ3) is 10.5. The molecule has 11 nitrogen and oxygen atoms in total. The van der Waals surface area contributed by atoms with Gasteiger partial charge in [0.25, 0.3) is 0 Å². The highest BCUT2D eigenvalue weighted by molar-refractivity contribution is 6.32. The average molecular weight is 573 g/mol. The zero-order valence-corrected chi connectivity index (χ0v) is 25.2. The summed E-state index contributed by atoms with van der Waals surface area (Å²) in [5, 5.41) is 27.2. The number of ether oxygens (including phenoxy) is 3. The Bertz CT molecular complexity index is 1110. The molecule has 0 unspecified atom stereocenters. The molecule has 12 heteroatoms. The number of rotatable bonds is 16. The van der Waals surface area contributed by atoms with Gasteiger partial charge in [-0.2, -0.15) is 0 Å². The van der Waals surface area contributed by atoms with Gasteiger partial charge in [0.2, 0.25) is 17.6 Å². The summed E-state index contributed by atoms with van der Waals surface area (Å²) < 4.78 is 21.4. The standard InChI is InChI=1S/C29H44BN3O8/c1-17(2)12-26(41-30(36)37)33-28(34)19(5)31-29(35)23(32-22-11-9-10-21(16-22)18(3)4)13-20-14-24(38-6)27(40-8)25(15-20)39-7/h9-11,14-19,23,26,32,36-37H,12-13H2,1-8H3,(H,31,35)(H,33,34)/t19-,23-,26+/m0/s1. The number of amides is 2. The molecule has 0 aliphatic heterocycles. The lowest BCUT2D eigenvalue weighted by Crippen LogP contribution is -2.53. The van der Waals surface area contributed by atoms with Crippen molar-refractivity contribution >= 4 is 24.8 Å². The molecule has 41 heavy (non-hydrogen) atoms. The van der Waals surface area contributed by atoms with Crippen LogP contribution in [0.3, 0.4) is 0 Å². The molecule has 2 amide bonds. The van der Waals surface area contributed by atoms with E-state index in [2.05, 4.69) is 29.8 Å². The summed E-state index contributed by atoms with van der Waals surface area (Å²) in [6.07, 6.45) is -0.353. The van der Waals surface area contributed by atoms with Crippen LogP contribution in [-0.2, 0) is 20.7 Å². The van der Waals surface area contributed by atoms with Gasteiger partial charge in [-0.1, -0.05) is 39.8 Å². The van der Waals surface area contributed by atoms with Gasteiger partial charge in [-0.25, -0.2) is 0 Å². The Morgan fingerprint density at radius 3 is 2.02 bits per heavy atom. The Labute approximate surface area is 243 Å². The molecule has 0 bridgehead atoms. The van der Waals surface area contributed by atoms with E-state index in [0.29, 0.717) is 29.6 Å². The van der Waals surface area contributed by atoms with Crippen molar-refractivity contribution in [3.8, 4) is 17.2 Å². The summed E-state index contributed by atoms with van der Waals surface area (Å²) in [4.78, 5) is 26.5. The molecule has 0 heterocycles. The van der Waals surface area contributed by atoms with Crippen LogP contribution in [0.1, 0.15) is 58.1 Å². The van der Waals surface area contributed by atoms with Crippen LogP contribution >= 0.6 is 0 Å². The molecule has 5 N–H and O–H groups in total. The van der Waals surface area contributed by atoms with Gasteiger partial charge in [0.05, 0.1) is 21.3 Å². The minimum absolute atomic E-state index is 0.109. The van der Waals surface area contributed by atoms with Crippen LogP contribution in [0.25, 0.3) is 0 Å². The van der Waals surface area contributed by atoms with Crippen molar-refractivity contribution in [2.75, 3.05) is 26.6 Å². The van der Waals surface area contributed by atoms with Crippen LogP contribution in [0, 0.1) is 5.92 Å². The quantitative estimate of drug-likeness (QED) is 0.151.